The molecule has 0 saturated heterocycles. The van der Waals surface area contributed by atoms with Crippen molar-refractivity contribution in [2.45, 2.75) is 26.3 Å². The number of hydrogen-bond donors (Lipinski definition) is 2. The number of nitrogens with zero attached hydrogens (tertiary/aromatic N) is 3. The Balaban J connectivity index is 1.98. The number of rotatable bonds is 4. The standard InChI is InChI=1S/C15H17N5S/c1-3-10-8-11-13(19-15(16)20-14(11)21-10)18-9(2)12-6-4-5-7-17-12/h4-9H,3H2,1-2H3,(H3,16,18,19,20). The van der Waals surface area contributed by atoms with Gasteiger partial charge in [0.25, 0.3) is 0 Å². The van der Waals surface area contributed by atoms with Crippen LogP contribution in [0.1, 0.15) is 30.5 Å². The van der Waals surface area contributed by atoms with Crippen molar-refractivity contribution in [1.29, 1.82) is 0 Å². The maximum Gasteiger partial charge on any atom is 0.223 e. The Hall–Kier alpha value is -2.21. The summed E-state index contributed by atoms with van der Waals surface area (Å²) >= 11 is 1.66. The first kappa shape index (κ1) is 13.8. The Morgan fingerprint density at radius 1 is 1.33 bits per heavy atom. The fourth-order valence-corrected chi connectivity index (χ4v) is 3.16. The molecule has 3 rings (SSSR count). The van der Waals surface area contributed by atoms with Crippen molar-refractivity contribution in [3.05, 3.63) is 41.0 Å². The van der Waals surface area contributed by atoms with Crippen LogP contribution in [0.4, 0.5) is 11.8 Å². The van der Waals surface area contributed by atoms with E-state index in [1.807, 2.05) is 18.2 Å². The second-order valence-corrected chi connectivity index (χ2v) is 5.95. The van der Waals surface area contributed by atoms with Crippen LogP contribution in [0, 0.1) is 0 Å². The number of nitrogen functional groups attached to an aromatic ring is 1. The van der Waals surface area contributed by atoms with Gasteiger partial charge in [0.2, 0.25) is 5.95 Å². The summed E-state index contributed by atoms with van der Waals surface area (Å²) in [4.78, 5) is 15.2. The number of fused-ring (bicyclic) bond motifs is 1. The Morgan fingerprint density at radius 3 is 2.90 bits per heavy atom. The Bertz CT molecular complexity index is 753. The molecule has 0 aliphatic heterocycles. The van der Waals surface area contributed by atoms with Gasteiger partial charge < -0.3 is 11.1 Å². The highest BCUT2D eigenvalue weighted by Gasteiger charge is 2.13. The molecule has 1 atom stereocenters. The van der Waals surface area contributed by atoms with Gasteiger partial charge in [0.15, 0.2) is 0 Å². The summed E-state index contributed by atoms with van der Waals surface area (Å²) in [5.74, 6) is 1.06. The summed E-state index contributed by atoms with van der Waals surface area (Å²) in [6.45, 7) is 4.19. The molecule has 6 heteroatoms. The summed E-state index contributed by atoms with van der Waals surface area (Å²) in [7, 11) is 0. The topological polar surface area (TPSA) is 76.7 Å². The molecular formula is C15H17N5S. The third kappa shape index (κ3) is 2.80. The van der Waals surface area contributed by atoms with Crippen LogP contribution in [-0.2, 0) is 6.42 Å². The lowest BCUT2D eigenvalue weighted by molar-refractivity contribution is 0.834. The second-order valence-electron chi connectivity index (χ2n) is 4.84. The van der Waals surface area contributed by atoms with Crippen LogP contribution in [0.25, 0.3) is 10.2 Å². The average molecular weight is 299 g/mol. The number of thiophene rings is 1. The maximum absolute atomic E-state index is 5.82. The SMILES string of the molecule is CCc1cc2c(NC(C)c3ccccn3)nc(N)nc2s1. The smallest absolute Gasteiger partial charge is 0.223 e. The molecule has 0 aliphatic carbocycles. The fraction of sp³-hybridized carbons (Fsp3) is 0.267. The van der Waals surface area contributed by atoms with Crippen LogP contribution in [0.3, 0.4) is 0 Å². The predicted octanol–water partition coefficient (Wildman–Crippen LogP) is 3.40. The lowest BCUT2D eigenvalue weighted by atomic mass is 10.2. The van der Waals surface area contributed by atoms with Gasteiger partial charge in [-0.25, -0.2) is 4.98 Å². The van der Waals surface area contributed by atoms with E-state index in [2.05, 4.69) is 40.2 Å². The summed E-state index contributed by atoms with van der Waals surface area (Å²) in [6.07, 6.45) is 2.77. The molecule has 0 aliphatic rings. The molecule has 0 aromatic carbocycles. The van der Waals surface area contributed by atoms with Gasteiger partial charge in [-0.2, -0.15) is 4.98 Å². The van der Waals surface area contributed by atoms with E-state index in [4.69, 9.17) is 5.73 Å². The van der Waals surface area contributed by atoms with E-state index in [1.54, 1.807) is 17.5 Å². The average Bonchev–Trinajstić information content (AvgIpc) is 2.91. The number of aromatic nitrogens is 3. The van der Waals surface area contributed by atoms with E-state index < -0.39 is 0 Å². The molecule has 3 N–H and O–H groups in total. The summed E-state index contributed by atoms with van der Waals surface area (Å²) in [5, 5.41) is 4.41. The van der Waals surface area contributed by atoms with E-state index in [1.165, 1.54) is 4.88 Å². The zero-order valence-corrected chi connectivity index (χ0v) is 12.8. The van der Waals surface area contributed by atoms with E-state index in [9.17, 15) is 0 Å². The van der Waals surface area contributed by atoms with Crippen molar-refractivity contribution < 1.29 is 0 Å². The number of hydrogen-bond acceptors (Lipinski definition) is 6. The van der Waals surface area contributed by atoms with Crippen molar-refractivity contribution in [3.63, 3.8) is 0 Å². The first-order valence-electron chi connectivity index (χ1n) is 6.90. The molecule has 1 unspecified atom stereocenters. The second kappa shape index (κ2) is 5.65. The lowest BCUT2D eigenvalue weighted by Gasteiger charge is -2.14. The highest BCUT2D eigenvalue weighted by Crippen LogP contribution is 2.31. The third-order valence-electron chi connectivity index (χ3n) is 3.29. The van der Waals surface area contributed by atoms with Gasteiger partial charge >= 0.3 is 0 Å². The van der Waals surface area contributed by atoms with Crippen LogP contribution in [-0.4, -0.2) is 15.0 Å². The normalized spacial score (nSPS) is 12.5. The quantitative estimate of drug-likeness (QED) is 0.772. The number of nitrogens with two attached hydrogens (primary N) is 1. The molecule has 5 nitrogen and oxygen atoms in total. The van der Waals surface area contributed by atoms with E-state index in [0.29, 0.717) is 5.95 Å². The highest BCUT2D eigenvalue weighted by atomic mass is 32.1. The Kier molecular flexibility index (Phi) is 3.70. The lowest BCUT2D eigenvalue weighted by Crippen LogP contribution is -2.10. The molecule has 3 aromatic heterocycles. The third-order valence-corrected chi connectivity index (χ3v) is 4.47. The first-order chi connectivity index (χ1) is 10.2. The zero-order chi connectivity index (χ0) is 14.8. The van der Waals surface area contributed by atoms with Gasteiger partial charge in [-0.05, 0) is 31.5 Å². The van der Waals surface area contributed by atoms with Crippen molar-refractivity contribution in [2.24, 2.45) is 0 Å². The minimum absolute atomic E-state index is 0.0497. The maximum atomic E-state index is 5.82. The van der Waals surface area contributed by atoms with Gasteiger partial charge in [0, 0.05) is 11.1 Å². The predicted molar refractivity (Wildman–Crippen MR) is 87.5 cm³/mol. The van der Waals surface area contributed by atoms with Crippen LogP contribution in [0.15, 0.2) is 30.5 Å². The van der Waals surface area contributed by atoms with E-state index in [-0.39, 0.29) is 6.04 Å². The number of aryl methyl sites for hydroxylation is 1. The molecule has 3 heterocycles. The fourth-order valence-electron chi connectivity index (χ4n) is 2.18. The summed E-state index contributed by atoms with van der Waals surface area (Å²) < 4.78 is 0. The molecule has 0 fully saturated rings. The zero-order valence-electron chi connectivity index (χ0n) is 12.0. The van der Waals surface area contributed by atoms with Crippen molar-refractivity contribution >= 4 is 33.3 Å². The molecular weight excluding hydrogens is 282 g/mol. The van der Waals surface area contributed by atoms with Crippen molar-refractivity contribution in [3.8, 4) is 0 Å². The van der Waals surface area contributed by atoms with E-state index >= 15 is 0 Å². The Morgan fingerprint density at radius 2 is 2.19 bits per heavy atom. The number of anilines is 2. The largest absolute Gasteiger partial charge is 0.368 e. The molecule has 0 radical (unpaired) electrons. The van der Waals surface area contributed by atoms with Gasteiger partial charge in [-0.15, -0.1) is 11.3 Å². The number of pyridine rings is 1. The monoisotopic (exact) mass is 299 g/mol. The number of nitrogens with one attached hydrogen (secondary N) is 1. The van der Waals surface area contributed by atoms with Crippen molar-refractivity contribution in [1.82, 2.24) is 15.0 Å². The molecule has 21 heavy (non-hydrogen) atoms. The van der Waals surface area contributed by atoms with Crippen LogP contribution < -0.4 is 11.1 Å². The van der Waals surface area contributed by atoms with Gasteiger partial charge in [0.1, 0.15) is 10.6 Å². The molecule has 108 valence electrons. The van der Waals surface area contributed by atoms with Gasteiger partial charge in [-0.3, -0.25) is 4.98 Å². The van der Waals surface area contributed by atoms with E-state index in [0.717, 1.165) is 28.1 Å². The summed E-state index contributed by atoms with van der Waals surface area (Å²) in [6, 6.07) is 8.05. The first-order valence-corrected chi connectivity index (χ1v) is 7.72. The van der Waals surface area contributed by atoms with Crippen LogP contribution >= 0.6 is 11.3 Å². The van der Waals surface area contributed by atoms with Crippen LogP contribution in [0.5, 0.6) is 0 Å². The van der Waals surface area contributed by atoms with Gasteiger partial charge in [0.05, 0.1) is 17.1 Å². The van der Waals surface area contributed by atoms with Gasteiger partial charge in [-0.1, -0.05) is 13.0 Å². The van der Waals surface area contributed by atoms with Crippen molar-refractivity contribution in [2.75, 3.05) is 11.1 Å². The molecule has 0 amide bonds. The van der Waals surface area contributed by atoms with Crippen LogP contribution in [0.2, 0.25) is 0 Å². The molecule has 0 spiro atoms. The summed E-state index contributed by atoms with van der Waals surface area (Å²) in [5.41, 5.74) is 6.79. The minimum atomic E-state index is 0.0497. The molecule has 3 aromatic rings. The Labute approximate surface area is 127 Å². The molecule has 0 bridgehead atoms. The highest BCUT2D eigenvalue weighted by molar-refractivity contribution is 7.18. The minimum Gasteiger partial charge on any atom is -0.368 e. The molecule has 0 saturated carbocycles.